The van der Waals surface area contributed by atoms with Crippen molar-refractivity contribution >= 4 is 12.6 Å². The largest absolute Gasteiger partial charge is 0.297 e. The summed E-state index contributed by atoms with van der Waals surface area (Å²) in [6, 6.07) is 6.02. The molecular weight excluding hydrogens is 180 g/mol. The monoisotopic (exact) mass is 196 g/mol. The van der Waals surface area contributed by atoms with Crippen LogP contribution in [0.15, 0.2) is 24.4 Å². The quantitative estimate of drug-likeness (QED) is 0.723. The van der Waals surface area contributed by atoms with E-state index in [0.717, 1.165) is 31.1 Å². The van der Waals surface area contributed by atoms with Crippen LogP contribution in [0.1, 0.15) is 12.6 Å². The Balaban J connectivity index is 2.46. The molecule has 0 unspecified atom stereocenters. The molecule has 1 aromatic heterocycles. The van der Waals surface area contributed by atoms with Gasteiger partial charge in [0.05, 0.1) is 5.69 Å². The summed E-state index contributed by atoms with van der Waals surface area (Å²) in [5, 5.41) is 0. The number of thiol groups is 1. The Kier molecular flexibility index (Phi) is 4.86. The van der Waals surface area contributed by atoms with Gasteiger partial charge in [-0.15, -0.1) is 0 Å². The summed E-state index contributed by atoms with van der Waals surface area (Å²) in [6.45, 7) is 5.16. The van der Waals surface area contributed by atoms with E-state index in [-0.39, 0.29) is 0 Å². The van der Waals surface area contributed by atoms with Crippen LogP contribution in [0, 0.1) is 0 Å². The number of nitrogens with zero attached hydrogens (tertiary/aromatic N) is 2. The van der Waals surface area contributed by atoms with Crippen LogP contribution in [0.5, 0.6) is 0 Å². The van der Waals surface area contributed by atoms with Gasteiger partial charge in [0, 0.05) is 25.0 Å². The molecule has 0 aliphatic rings. The predicted molar refractivity (Wildman–Crippen MR) is 59.0 cm³/mol. The van der Waals surface area contributed by atoms with Crippen molar-refractivity contribution in [2.75, 3.05) is 18.8 Å². The molecule has 1 aromatic rings. The van der Waals surface area contributed by atoms with E-state index in [4.69, 9.17) is 0 Å². The fourth-order valence-electron chi connectivity index (χ4n) is 1.21. The molecule has 0 aliphatic heterocycles. The van der Waals surface area contributed by atoms with E-state index < -0.39 is 0 Å². The molecule has 72 valence electrons. The third-order valence-electron chi connectivity index (χ3n) is 1.98. The number of hydrogen-bond donors (Lipinski definition) is 1. The lowest BCUT2D eigenvalue weighted by atomic mass is 10.3. The first-order valence-corrected chi connectivity index (χ1v) is 5.23. The van der Waals surface area contributed by atoms with Crippen molar-refractivity contribution in [1.29, 1.82) is 0 Å². The molecule has 0 atom stereocenters. The zero-order chi connectivity index (χ0) is 9.52. The Labute approximate surface area is 85.4 Å². The Bertz CT molecular complexity index is 226. The highest BCUT2D eigenvalue weighted by molar-refractivity contribution is 7.80. The number of aromatic nitrogens is 1. The minimum absolute atomic E-state index is 0.903. The molecule has 0 saturated heterocycles. The van der Waals surface area contributed by atoms with Crippen molar-refractivity contribution < 1.29 is 0 Å². The molecule has 0 fully saturated rings. The van der Waals surface area contributed by atoms with Gasteiger partial charge in [0.25, 0.3) is 0 Å². The second kappa shape index (κ2) is 6.00. The lowest BCUT2D eigenvalue weighted by Crippen LogP contribution is -2.25. The molecule has 0 saturated carbocycles. The van der Waals surface area contributed by atoms with Gasteiger partial charge in [-0.2, -0.15) is 12.6 Å². The molecule has 0 aromatic carbocycles. The van der Waals surface area contributed by atoms with Gasteiger partial charge in [-0.25, -0.2) is 0 Å². The first-order chi connectivity index (χ1) is 6.36. The molecule has 0 spiro atoms. The highest BCUT2D eigenvalue weighted by Gasteiger charge is 2.01. The molecule has 13 heavy (non-hydrogen) atoms. The van der Waals surface area contributed by atoms with Gasteiger partial charge < -0.3 is 0 Å². The molecule has 2 nitrogen and oxygen atoms in total. The minimum atomic E-state index is 0.903. The maximum atomic E-state index is 4.28. The van der Waals surface area contributed by atoms with E-state index in [1.54, 1.807) is 0 Å². The Morgan fingerprint density at radius 2 is 2.31 bits per heavy atom. The average Bonchev–Trinajstić information content (AvgIpc) is 2.19. The minimum Gasteiger partial charge on any atom is -0.297 e. The second-order valence-corrected chi connectivity index (χ2v) is 3.36. The van der Waals surface area contributed by atoms with Gasteiger partial charge in [-0.05, 0) is 18.7 Å². The molecule has 1 heterocycles. The van der Waals surface area contributed by atoms with Crippen molar-refractivity contribution in [3.8, 4) is 0 Å². The van der Waals surface area contributed by atoms with Crippen molar-refractivity contribution in [2.45, 2.75) is 13.5 Å². The lowest BCUT2D eigenvalue weighted by Gasteiger charge is -2.18. The van der Waals surface area contributed by atoms with Crippen LogP contribution in [0.25, 0.3) is 0 Å². The maximum Gasteiger partial charge on any atom is 0.0543 e. The smallest absolute Gasteiger partial charge is 0.0543 e. The molecular formula is C10H16N2S. The average molecular weight is 196 g/mol. The number of pyridine rings is 1. The molecule has 1 rings (SSSR count). The van der Waals surface area contributed by atoms with E-state index >= 15 is 0 Å². The van der Waals surface area contributed by atoms with E-state index in [1.165, 1.54) is 0 Å². The standard InChI is InChI=1S/C10H16N2S/c1-2-12(7-8-13)9-10-5-3-4-6-11-10/h3-6,13H,2,7-9H2,1H3. The van der Waals surface area contributed by atoms with E-state index in [0.29, 0.717) is 0 Å². The van der Waals surface area contributed by atoms with Gasteiger partial charge in [0.15, 0.2) is 0 Å². The fraction of sp³-hybridized carbons (Fsp3) is 0.500. The van der Waals surface area contributed by atoms with Gasteiger partial charge in [-0.1, -0.05) is 13.0 Å². The summed E-state index contributed by atoms with van der Waals surface area (Å²) >= 11 is 4.22. The van der Waals surface area contributed by atoms with Crippen molar-refractivity contribution in [3.05, 3.63) is 30.1 Å². The topological polar surface area (TPSA) is 16.1 Å². The summed E-state index contributed by atoms with van der Waals surface area (Å²) in [5.41, 5.74) is 1.13. The van der Waals surface area contributed by atoms with Crippen LogP contribution in [-0.2, 0) is 6.54 Å². The van der Waals surface area contributed by atoms with Gasteiger partial charge >= 0.3 is 0 Å². The zero-order valence-corrected chi connectivity index (χ0v) is 8.87. The third-order valence-corrected chi connectivity index (χ3v) is 2.18. The molecule has 0 aliphatic carbocycles. The summed E-state index contributed by atoms with van der Waals surface area (Å²) in [6.07, 6.45) is 1.84. The van der Waals surface area contributed by atoms with Crippen LogP contribution < -0.4 is 0 Å². The summed E-state index contributed by atoms with van der Waals surface area (Å²) in [5.74, 6) is 0.903. The predicted octanol–water partition coefficient (Wildman–Crippen LogP) is 1.83. The number of hydrogen-bond acceptors (Lipinski definition) is 3. The first-order valence-electron chi connectivity index (χ1n) is 4.60. The lowest BCUT2D eigenvalue weighted by molar-refractivity contribution is 0.295. The van der Waals surface area contributed by atoms with Crippen LogP contribution in [0.4, 0.5) is 0 Å². The highest BCUT2D eigenvalue weighted by atomic mass is 32.1. The molecule has 0 amide bonds. The molecule has 0 N–H and O–H groups in total. The molecule has 0 radical (unpaired) electrons. The van der Waals surface area contributed by atoms with Crippen LogP contribution in [-0.4, -0.2) is 28.7 Å². The van der Waals surface area contributed by atoms with Crippen LogP contribution in [0.3, 0.4) is 0 Å². The van der Waals surface area contributed by atoms with Gasteiger partial charge in [-0.3, -0.25) is 9.88 Å². The van der Waals surface area contributed by atoms with Gasteiger partial charge in [0.1, 0.15) is 0 Å². The van der Waals surface area contributed by atoms with Crippen molar-refractivity contribution in [1.82, 2.24) is 9.88 Å². The summed E-state index contributed by atoms with van der Waals surface area (Å²) in [4.78, 5) is 6.61. The molecule has 0 bridgehead atoms. The highest BCUT2D eigenvalue weighted by Crippen LogP contribution is 2.00. The third kappa shape index (κ3) is 3.79. The maximum absolute atomic E-state index is 4.28. The second-order valence-electron chi connectivity index (χ2n) is 2.91. The Morgan fingerprint density at radius 3 is 2.85 bits per heavy atom. The van der Waals surface area contributed by atoms with Crippen molar-refractivity contribution in [2.24, 2.45) is 0 Å². The van der Waals surface area contributed by atoms with Crippen molar-refractivity contribution in [3.63, 3.8) is 0 Å². The van der Waals surface area contributed by atoms with E-state index in [1.807, 2.05) is 18.3 Å². The fourth-order valence-corrected chi connectivity index (χ4v) is 1.49. The molecule has 3 heteroatoms. The SMILES string of the molecule is CCN(CCS)Cc1ccccn1. The Morgan fingerprint density at radius 1 is 1.46 bits per heavy atom. The summed E-state index contributed by atoms with van der Waals surface area (Å²) in [7, 11) is 0. The Hall–Kier alpha value is -0.540. The van der Waals surface area contributed by atoms with Crippen LogP contribution in [0.2, 0.25) is 0 Å². The first kappa shape index (κ1) is 10.5. The number of rotatable bonds is 5. The normalized spacial score (nSPS) is 10.7. The zero-order valence-electron chi connectivity index (χ0n) is 7.98. The van der Waals surface area contributed by atoms with E-state index in [9.17, 15) is 0 Å². The summed E-state index contributed by atoms with van der Waals surface area (Å²) < 4.78 is 0. The van der Waals surface area contributed by atoms with Crippen LogP contribution >= 0.6 is 12.6 Å². The van der Waals surface area contributed by atoms with Gasteiger partial charge in [0.2, 0.25) is 0 Å². The van der Waals surface area contributed by atoms with E-state index in [2.05, 4.69) is 35.5 Å².